The van der Waals surface area contributed by atoms with Crippen molar-refractivity contribution in [3.05, 3.63) is 70.1 Å². The van der Waals surface area contributed by atoms with Gasteiger partial charge in [-0.2, -0.15) is 0 Å². The second kappa shape index (κ2) is 7.62. The molecule has 3 rings (SSSR count). The zero-order valence-electron chi connectivity index (χ0n) is 14.5. The van der Waals surface area contributed by atoms with Gasteiger partial charge in [-0.1, -0.05) is 11.6 Å². The van der Waals surface area contributed by atoms with Crippen LogP contribution in [0.2, 0.25) is 5.02 Å². The Bertz CT molecular complexity index is 994. The van der Waals surface area contributed by atoms with Gasteiger partial charge in [0.2, 0.25) is 5.91 Å². The molecule has 0 aliphatic carbocycles. The van der Waals surface area contributed by atoms with Crippen LogP contribution in [-0.2, 0) is 11.3 Å². The van der Waals surface area contributed by atoms with Gasteiger partial charge >= 0.3 is 0 Å². The van der Waals surface area contributed by atoms with Crippen LogP contribution in [-0.4, -0.2) is 16.6 Å². The number of anilines is 1. The van der Waals surface area contributed by atoms with E-state index in [2.05, 4.69) is 5.32 Å². The SMILES string of the molecule is CC(C)Oc1ccc2c(=O)n(CC(=O)Nc3ccc(Cl)cc3)ccc2c1. The maximum atomic E-state index is 12.6. The number of rotatable bonds is 5. The number of ether oxygens (including phenoxy) is 1. The fraction of sp³-hybridized carbons (Fsp3) is 0.200. The molecule has 0 bridgehead atoms. The molecule has 0 unspecified atom stereocenters. The van der Waals surface area contributed by atoms with E-state index in [1.165, 1.54) is 4.57 Å². The summed E-state index contributed by atoms with van der Waals surface area (Å²) in [5, 5.41) is 4.66. The number of fused-ring (bicyclic) bond motifs is 1. The van der Waals surface area contributed by atoms with E-state index in [9.17, 15) is 9.59 Å². The predicted octanol–water partition coefficient (Wildman–Crippen LogP) is 4.08. The number of hydrogen-bond donors (Lipinski definition) is 1. The van der Waals surface area contributed by atoms with Crippen LogP contribution in [0.25, 0.3) is 10.8 Å². The largest absolute Gasteiger partial charge is 0.491 e. The molecule has 1 N–H and O–H groups in total. The van der Waals surface area contributed by atoms with Gasteiger partial charge in [-0.3, -0.25) is 9.59 Å². The summed E-state index contributed by atoms with van der Waals surface area (Å²) < 4.78 is 7.03. The van der Waals surface area contributed by atoms with E-state index in [4.69, 9.17) is 16.3 Å². The van der Waals surface area contributed by atoms with Crippen LogP contribution >= 0.6 is 11.6 Å². The highest BCUT2D eigenvalue weighted by atomic mass is 35.5. The summed E-state index contributed by atoms with van der Waals surface area (Å²) in [6.07, 6.45) is 1.68. The second-order valence-corrected chi connectivity index (χ2v) is 6.66. The highest BCUT2D eigenvalue weighted by Gasteiger charge is 2.09. The molecule has 0 radical (unpaired) electrons. The predicted molar refractivity (Wildman–Crippen MR) is 104 cm³/mol. The Morgan fingerprint density at radius 3 is 2.58 bits per heavy atom. The quantitative estimate of drug-likeness (QED) is 0.736. The molecule has 0 saturated heterocycles. The number of aromatic nitrogens is 1. The van der Waals surface area contributed by atoms with Crippen molar-refractivity contribution in [3.8, 4) is 5.75 Å². The van der Waals surface area contributed by atoms with Crippen LogP contribution in [0.5, 0.6) is 5.75 Å². The van der Waals surface area contributed by atoms with E-state index in [0.29, 0.717) is 21.8 Å². The lowest BCUT2D eigenvalue weighted by molar-refractivity contribution is -0.116. The number of halogens is 1. The van der Waals surface area contributed by atoms with Crippen LogP contribution < -0.4 is 15.6 Å². The molecule has 0 aliphatic rings. The average molecular weight is 371 g/mol. The highest BCUT2D eigenvalue weighted by Crippen LogP contribution is 2.19. The lowest BCUT2D eigenvalue weighted by Crippen LogP contribution is -2.27. The number of pyridine rings is 1. The average Bonchev–Trinajstić information content (AvgIpc) is 2.59. The Kier molecular flexibility index (Phi) is 5.28. The van der Waals surface area contributed by atoms with Crippen molar-refractivity contribution in [2.24, 2.45) is 0 Å². The van der Waals surface area contributed by atoms with Gasteiger partial charge in [-0.05, 0) is 67.8 Å². The lowest BCUT2D eigenvalue weighted by atomic mass is 10.1. The molecule has 1 heterocycles. The molecule has 5 nitrogen and oxygen atoms in total. The van der Waals surface area contributed by atoms with E-state index in [1.54, 1.807) is 48.7 Å². The van der Waals surface area contributed by atoms with Crippen molar-refractivity contribution in [2.45, 2.75) is 26.5 Å². The molecule has 134 valence electrons. The van der Waals surface area contributed by atoms with Crippen molar-refractivity contribution in [1.82, 2.24) is 4.57 Å². The first-order valence-corrected chi connectivity index (χ1v) is 8.65. The molecule has 1 aromatic heterocycles. The zero-order valence-corrected chi connectivity index (χ0v) is 15.3. The number of carbonyl (C=O) groups is 1. The van der Waals surface area contributed by atoms with Crippen LogP contribution in [0.1, 0.15) is 13.8 Å². The van der Waals surface area contributed by atoms with Crippen molar-refractivity contribution >= 4 is 34.0 Å². The normalized spacial score (nSPS) is 10.9. The van der Waals surface area contributed by atoms with E-state index in [-0.39, 0.29) is 24.1 Å². The van der Waals surface area contributed by atoms with Crippen molar-refractivity contribution in [1.29, 1.82) is 0 Å². The molecular formula is C20H19ClN2O3. The van der Waals surface area contributed by atoms with E-state index in [1.807, 2.05) is 19.9 Å². The molecule has 0 fully saturated rings. The third-order valence-electron chi connectivity index (χ3n) is 3.76. The fourth-order valence-electron chi connectivity index (χ4n) is 2.62. The number of hydrogen-bond acceptors (Lipinski definition) is 3. The molecule has 1 amide bonds. The van der Waals surface area contributed by atoms with Gasteiger partial charge in [0, 0.05) is 22.3 Å². The molecule has 0 saturated carbocycles. The minimum Gasteiger partial charge on any atom is -0.491 e. The van der Waals surface area contributed by atoms with Gasteiger partial charge in [0.05, 0.1) is 6.10 Å². The number of benzene rings is 2. The maximum absolute atomic E-state index is 12.6. The highest BCUT2D eigenvalue weighted by molar-refractivity contribution is 6.30. The molecule has 0 atom stereocenters. The first-order chi connectivity index (χ1) is 12.4. The lowest BCUT2D eigenvalue weighted by Gasteiger charge is -2.11. The summed E-state index contributed by atoms with van der Waals surface area (Å²) in [7, 11) is 0. The van der Waals surface area contributed by atoms with Crippen molar-refractivity contribution in [3.63, 3.8) is 0 Å². The summed E-state index contributed by atoms with van der Waals surface area (Å²) in [6.45, 7) is 3.82. The summed E-state index contributed by atoms with van der Waals surface area (Å²) in [5.74, 6) is 0.429. The zero-order chi connectivity index (χ0) is 18.7. The fourth-order valence-corrected chi connectivity index (χ4v) is 2.75. The minimum atomic E-state index is -0.284. The first kappa shape index (κ1) is 18.0. The summed E-state index contributed by atoms with van der Waals surface area (Å²) >= 11 is 5.83. The Morgan fingerprint density at radius 2 is 1.88 bits per heavy atom. The molecule has 3 aromatic rings. The van der Waals surface area contributed by atoms with E-state index >= 15 is 0 Å². The Hall–Kier alpha value is -2.79. The minimum absolute atomic E-state index is 0.0596. The Morgan fingerprint density at radius 1 is 1.15 bits per heavy atom. The maximum Gasteiger partial charge on any atom is 0.258 e. The molecule has 2 aromatic carbocycles. The number of nitrogens with zero attached hydrogens (tertiary/aromatic N) is 1. The van der Waals surface area contributed by atoms with Crippen LogP contribution in [0.3, 0.4) is 0 Å². The first-order valence-electron chi connectivity index (χ1n) is 8.27. The molecular weight excluding hydrogens is 352 g/mol. The number of carbonyl (C=O) groups excluding carboxylic acids is 1. The third kappa shape index (κ3) is 4.24. The second-order valence-electron chi connectivity index (χ2n) is 6.22. The van der Waals surface area contributed by atoms with E-state index < -0.39 is 0 Å². The smallest absolute Gasteiger partial charge is 0.258 e. The topological polar surface area (TPSA) is 60.3 Å². The third-order valence-corrected chi connectivity index (χ3v) is 4.01. The van der Waals surface area contributed by atoms with Gasteiger partial charge in [-0.15, -0.1) is 0 Å². The summed E-state index contributed by atoms with van der Waals surface area (Å²) in [5.41, 5.74) is 0.411. The molecule has 0 aliphatic heterocycles. The Labute approximate surface area is 156 Å². The summed E-state index contributed by atoms with van der Waals surface area (Å²) in [4.78, 5) is 24.8. The molecule has 0 spiro atoms. The van der Waals surface area contributed by atoms with Gasteiger partial charge in [-0.25, -0.2) is 0 Å². The molecule has 6 heteroatoms. The Balaban J connectivity index is 1.79. The van der Waals surface area contributed by atoms with Crippen molar-refractivity contribution < 1.29 is 9.53 Å². The standard InChI is InChI=1S/C20H19ClN2O3/c1-13(2)26-17-7-8-18-14(11-17)9-10-23(20(18)25)12-19(24)22-16-5-3-15(21)4-6-16/h3-11,13H,12H2,1-2H3,(H,22,24). The van der Waals surface area contributed by atoms with Crippen LogP contribution in [0.4, 0.5) is 5.69 Å². The molecule has 26 heavy (non-hydrogen) atoms. The monoisotopic (exact) mass is 370 g/mol. The van der Waals surface area contributed by atoms with Crippen molar-refractivity contribution in [2.75, 3.05) is 5.32 Å². The summed E-state index contributed by atoms with van der Waals surface area (Å²) in [6, 6.07) is 13.9. The van der Waals surface area contributed by atoms with Gasteiger partial charge in [0.25, 0.3) is 5.56 Å². The van der Waals surface area contributed by atoms with Crippen LogP contribution in [0, 0.1) is 0 Å². The van der Waals surface area contributed by atoms with Gasteiger partial charge < -0.3 is 14.6 Å². The number of nitrogens with one attached hydrogen (secondary N) is 1. The number of amides is 1. The van der Waals surface area contributed by atoms with Gasteiger partial charge in [0.1, 0.15) is 12.3 Å². The van der Waals surface area contributed by atoms with E-state index in [0.717, 1.165) is 5.39 Å². The van der Waals surface area contributed by atoms with Crippen LogP contribution in [0.15, 0.2) is 59.5 Å². The van der Waals surface area contributed by atoms with Gasteiger partial charge in [0.15, 0.2) is 0 Å².